The monoisotopic (exact) mass is 438 g/mol. The van der Waals surface area contributed by atoms with E-state index in [2.05, 4.69) is 107 Å². The van der Waals surface area contributed by atoms with Gasteiger partial charge in [0, 0.05) is 11.4 Å². The van der Waals surface area contributed by atoms with Crippen LogP contribution >= 0.6 is 0 Å². The van der Waals surface area contributed by atoms with Crippen LogP contribution in [0.1, 0.15) is 62.9 Å². The molecule has 170 valence electrons. The Morgan fingerprint density at radius 2 is 1.33 bits per heavy atom. The summed E-state index contributed by atoms with van der Waals surface area (Å²) >= 11 is 0. The normalized spacial score (nSPS) is 16.2. The van der Waals surface area contributed by atoms with Gasteiger partial charge in [0.1, 0.15) is 5.70 Å². The van der Waals surface area contributed by atoms with E-state index in [4.69, 9.17) is 0 Å². The zero-order valence-corrected chi connectivity index (χ0v) is 20.4. The Kier molecular flexibility index (Phi) is 6.42. The third-order valence-corrected chi connectivity index (χ3v) is 6.43. The average Bonchev–Trinajstić information content (AvgIpc) is 3.15. The van der Waals surface area contributed by atoms with E-state index >= 15 is 0 Å². The van der Waals surface area contributed by atoms with Crippen LogP contribution in [0.4, 0.5) is 11.4 Å². The van der Waals surface area contributed by atoms with Crippen LogP contribution in [0.15, 0.2) is 84.6 Å². The van der Waals surface area contributed by atoms with Gasteiger partial charge in [0.2, 0.25) is 0 Å². The molecule has 3 aromatic carbocycles. The Morgan fingerprint density at radius 3 is 1.85 bits per heavy atom. The molecule has 1 aliphatic heterocycles. The van der Waals surface area contributed by atoms with Gasteiger partial charge >= 0.3 is 0 Å². The first-order chi connectivity index (χ1) is 15.8. The number of carbonyl (C=O) groups is 1. The van der Waals surface area contributed by atoms with Crippen LogP contribution in [0.2, 0.25) is 0 Å². The molecule has 1 heterocycles. The molecule has 3 nitrogen and oxygen atoms in total. The van der Waals surface area contributed by atoms with Gasteiger partial charge in [-0.25, -0.2) is 0 Å². The van der Waals surface area contributed by atoms with Crippen molar-refractivity contribution in [1.82, 2.24) is 0 Å². The van der Waals surface area contributed by atoms with E-state index in [9.17, 15) is 4.79 Å². The molecule has 1 amide bonds. The lowest BCUT2D eigenvalue weighted by Crippen LogP contribution is -2.30. The Labute approximate surface area is 198 Å². The molecule has 0 unspecified atom stereocenters. The molecule has 1 aliphatic rings. The number of benzene rings is 3. The van der Waals surface area contributed by atoms with Gasteiger partial charge < -0.3 is 5.32 Å². The Balaban J connectivity index is 1.69. The van der Waals surface area contributed by atoms with Gasteiger partial charge in [-0.1, -0.05) is 83.1 Å². The minimum atomic E-state index is -0.156. The van der Waals surface area contributed by atoms with Crippen molar-refractivity contribution in [1.29, 1.82) is 0 Å². The van der Waals surface area contributed by atoms with Crippen molar-refractivity contribution in [3.8, 4) is 0 Å². The molecular weight excluding hydrogens is 404 g/mol. The topological polar surface area (TPSA) is 32.3 Å². The van der Waals surface area contributed by atoms with Crippen LogP contribution in [0, 0.1) is 0 Å². The third-order valence-electron chi connectivity index (χ3n) is 6.43. The smallest absolute Gasteiger partial charge is 0.275 e. The summed E-state index contributed by atoms with van der Waals surface area (Å²) in [6.45, 7) is 10.9. The highest BCUT2D eigenvalue weighted by Gasteiger charge is 2.35. The summed E-state index contributed by atoms with van der Waals surface area (Å²) in [6, 6.07) is 25.1. The van der Waals surface area contributed by atoms with Crippen LogP contribution in [0.25, 0.3) is 0 Å². The molecule has 0 bridgehead atoms. The van der Waals surface area contributed by atoms with Gasteiger partial charge in [0.05, 0.1) is 6.04 Å². The number of nitrogens with one attached hydrogen (secondary N) is 1. The Bertz CT molecular complexity index is 1130. The molecule has 1 N–H and O–H groups in total. The maximum absolute atomic E-state index is 13.6. The lowest BCUT2D eigenvalue weighted by Gasteiger charge is -2.26. The van der Waals surface area contributed by atoms with Crippen molar-refractivity contribution < 1.29 is 4.79 Å². The molecule has 33 heavy (non-hydrogen) atoms. The van der Waals surface area contributed by atoms with Crippen molar-refractivity contribution in [2.24, 2.45) is 0 Å². The second-order valence-corrected chi connectivity index (χ2v) is 9.77. The predicted molar refractivity (Wildman–Crippen MR) is 139 cm³/mol. The first kappa shape index (κ1) is 22.8. The van der Waals surface area contributed by atoms with Crippen molar-refractivity contribution in [2.75, 3.05) is 10.2 Å². The van der Waals surface area contributed by atoms with Crippen LogP contribution in [0.3, 0.4) is 0 Å². The van der Waals surface area contributed by atoms with E-state index in [0.29, 0.717) is 5.70 Å². The van der Waals surface area contributed by atoms with E-state index in [1.165, 1.54) is 16.7 Å². The molecule has 1 atom stereocenters. The number of nitrogens with zero attached hydrogens (tertiary/aromatic N) is 1. The van der Waals surface area contributed by atoms with Crippen LogP contribution in [0.5, 0.6) is 0 Å². The summed E-state index contributed by atoms with van der Waals surface area (Å²) in [5, 5.41) is 3.37. The quantitative estimate of drug-likeness (QED) is 0.441. The molecule has 4 rings (SSSR count). The number of anilines is 2. The maximum Gasteiger partial charge on any atom is 0.275 e. The molecule has 0 saturated carbocycles. The predicted octanol–water partition coefficient (Wildman–Crippen LogP) is 7.19. The molecular formula is C30H34N2O. The van der Waals surface area contributed by atoms with Crippen molar-refractivity contribution >= 4 is 17.3 Å². The Morgan fingerprint density at radius 1 is 0.788 bits per heavy atom. The van der Waals surface area contributed by atoms with Gasteiger partial charge in [-0.05, 0) is 70.9 Å². The first-order valence-corrected chi connectivity index (χ1v) is 11.9. The van der Waals surface area contributed by atoms with E-state index < -0.39 is 0 Å². The zero-order chi connectivity index (χ0) is 23.6. The summed E-state index contributed by atoms with van der Waals surface area (Å²) in [7, 11) is 0. The second-order valence-electron chi connectivity index (χ2n) is 9.77. The molecule has 0 spiro atoms. The first-order valence-electron chi connectivity index (χ1n) is 11.9. The summed E-state index contributed by atoms with van der Waals surface area (Å²) in [5.74, 6) is -0.0104. The van der Waals surface area contributed by atoms with Gasteiger partial charge in [-0.15, -0.1) is 0 Å². The van der Waals surface area contributed by atoms with Gasteiger partial charge in [-0.3, -0.25) is 9.69 Å². The highest BCUT2D eigenvalue weighted by molar-refractivity contribution is 6.11. The average molecular weight is 439 g/mol. The van der Waals surface area contributed by atoms with Crippen molar-refractivity contribution in [2.45, 2.75) is 58.9 Å². The maximum atomic E-state index is 13.6. The summed E-state index contributed by atoms with van der Waals surface area (Å²) in [6.07, 6.45) is 4.02. The third kappa shape index (κ3) is 4.88. The van der Waals surface area contributed by atoms with E-state index in [0.717, 1.165) is 29.8 Å². The fraction of sp³-hybridized carbons (Fsp3) is 0.300. The molecule has 3 heteroatoms. The molecule has 0 aromatic heterocycles. The molecule has 3 aromatic rings. The van der Waals surface area contributed by atoms with Gasteiger partial charge in [-0.2, -0.15) is 0 Å². The second kappa shape index (κ2) is 9.27. The van der Waals surface area contributed by atoms with Crippen LogP contribution in [-0.4, -0.2) is 5.91 Å². The number of hydrogen-bond acceptors (Lipinski definition) is 2. The summed E-state index contributed by atoms with van der Waals surface area (Å²) < 4.78 is 0. The van der Waals surface area contributed by atoms with E-state index in [-0.39, 0.29) is 17.4 Å². The number of aryl methyl sites for hydroxylation is 2. The van der Waals surface area contributed by atoms with Crippen molar-refractivity contribution in [3.63, 3.8) is 0 Å². The van der Waals surface area contributed by atoms with E-state index in [1.54, 1.807) is 0 Å². The fourth-order valence-electron chi connectivity index (χ4n) is 4.23. The number of hydrogen-bond donors (Lipinski definition) is 1. The highest BCUT2D eigenvalue weighted by Crippen LogP contribution is 2.37. The minimum Gasteiger partial charge on any atom is -0.351 e. The number of carbonyl (C=O) groups excluding carboxylic acids is 1. The Hall–Kier alpha value is -3.33. The SMILES string of the molecule is CCc1ccc(NC2=C[C@H](c3ccc(C(C)(C)C)cc3)N(c3ccc(CC)cc3)C2=O)cc1. The lowest BCUT2D eigenvalue weighted by molar-refractivity contribution is -0.114. The molecule has 0 saturated heterocycles. The number of rotatable bonds is 6. The highest BCUT2D eigenvalue weighted by atomic mass is 16.2. The van der Waals surface area contributed by atoms with Crippen LogP contribution in [-0.2, 0) is 23.1 Å². The fourth-order valence-corrected chi connectivity index (χ4v) is 4.23. The largest absolute Gasteiger partial charge is 0.351 e. The number of amides is 1. The molecule has 0 radical (unpaired) electrons. The summed E-state index contributed by atoms with van der Waals surface area (Å²) in [5.41, 5.74) is 7.48. The van der Waals surface area contributed by atoms with E-state index in [1.807, 2.05) is 17.0 Å². The van der Waals surface area contributed by atoms with Crippen LogP contribution < -0.4 is 10.2 Å². The van der Waals surface area contributed by atoms with Gasteiger partial charge in [0.15, 0.2) is 0 Å². The molecule has 0 fully saturated rings. The minimum absolute atomic E-state index is 0.0104. The lowest BCUT2D eigenvalue weighted by atomic mass is 9.86. The van der Waals surface area contributed by atoms with Crippen molar-refractivity contribution in [3.05, 3.63) is 107 Å². The standard InChI is InChI=1S/C30H34N2O/c1-6-21-8-16-25(17-9-21)31-27-20-28(23-12-14-24(15-13-23)30(3,4)5)32(29(27)33)26-18-10-22(7-2)11-19-26/h8-20,28,31H,6-7H2,1-5H3/t28-/m1/s1. The molecule has 0 aliphatic carbocycles. The zero-order valence-electron chi connectivity index (χ0n) is 20.4. The summed E-state index contributed by atoms with van der Waals surface area (Å²) in [4.78, 5) is 15.5. The van der Waals surface area contributed by atoms with Gasteiger partial charge in [0.25, 0.3) is 5.91 Å².